The Morgan fingerprint density at radius 2 is 1.72 bits per heavy atom. The first kappa shape index (κ1) is 21.0. The number of rotatable bonds is 8. The lowest BCUT2D eigenvalue weighted by atomic mass is 10.2. The first-order valence-corrected chi connectivity index (χ1v) is 10.2. The Balaban J connectivity index is 1.63. The number of carbonyl (C=O) groups excluding carboxylic acids is 1. The summed E-state index contributed by atoms with van der Waals surface area (Å²) in [4.78, 5) is 28.0. The molecular weight excluding hydrogens is 408 g/mol. The van der Waals surface area contributed by atoms with Crippen LogP contribution in [0.3, 0.4) is 0 Å². The fraction of sp³-hybridized carbons (Fsp3) is 0.190. The minimum atomic E-state index is -0.411. The first-order chi connectivity index (χ1) is 14.1. The number of aromatic nitrogens is 2. The maximum atomic E-state index is 12.4. The summed E-state index contributed by atoms with van der Waals surface area (Å²) in [6.45, 7) is 2.13. The number of hydrogen-bond acceptors (Lipinski definition) is 6. The molecule has 0 radical (unpaired) electrons. The molecule has 0 fully saturated rings. The molecule has 2 aromatic carbocycles. The predicted molar refractivity (Wildman–Crippen MR) is 114 cm³/mol. The summed E-state index contributed by atoms with van der Waals surface area (Å²) in [6, 6.07) is 18.5. The van der Waals surface area contributed by atoms with Gasteiger partial charge in [0.15, 0.2) is 0 Å². The lowest BCUT2D eigenvalue weighted by Gasteiger charge is -2.15. The standard InChI is InChI=1S/C21H20N2O4S2/c1-15-18(28)22-21(25)23(19(15)29-17-10-6-3-7-11-17)14-26-12-13-27-20(24)16-8-4-2-5-9-16/h2-11H,12-14H2,1H3,(H,22,25,28). The maximum Gasteiger partial charge on any atom is 0.338 e. The second kappa shape index (κ2) is 10.2. The van der Waals surface area contributed by atoms with Gasteiger partial charge in [0.1, 0.15) is 18.0 Å². The molecule has 150 valence electrons. The van der Waals surface area contributed by atoms with Gasteiger partial charge in [-0.25, -0.2) is 9.59 Å². The van der Waals surface area contributed by atoms with E-state index in [1.807, 2.05) is 43.3 Å². The predicted octanol–water partition coefficient (Wildman–Crippen LogP) is 4.20. The summed E-state index contributed by atoms with van der Waals surface area (Å²) in [6.07, 6.45) is 0. The molecule has 0 aliphatic rings. The van der Waals surface area contributed by atoms with Crippen molar-refractivity contribution in [3.63, 3.8) is 0 Å². The van der Waals surface area contributed by atoms with Crippen molar-refractivity contribution in [2.45, 2.75) is 23.6 Å². The van der Waals surface area contributed by atoms with E-state index in [1.165, 1.54) is 16.3 Å². The topological polar surface area (TPSA) is 73.3 Å². The Bertz CT molecular complexity index is 1080. The van der Waals surface area contributed by atoms with Crippen molar-refractivity contribution < 1.29 is 14.3 Å². The van der Waals surface area contributed by atoms with Gasteiger partial charge in [-0.05, 0) is 31.2 Å². The molecule has 0 amide bonds. The summed E-state index contributed by atoms with van der Waals surface area (Å²) < 4.78 is 12.7. The molecule has 0 aliphatic heterocycles. The maximum absolute atomic E-state index is 12.4. The molecule has 1 aromatic heterocycles. The van der Waals surface area contributed by atoms with Crippen molar-refractivity contribution in [1.82, 2.24) is 9.55 Å². The molecule has 3 aromatic rings. The van der Waals surface area contributed by atoms with E-state index in [1.54, 1.807) is 24.3 Å². The first-order valence-electron chi connectivity index (χ1n) is 8.93. The quantitative estimate of drug-likeness (QED) is 0.251. The second-order valence-corrected chi connectivity index (χ2v) is 7.54. The van der Waals surface area contributed by atoms with Crippen molar-refractivity contribution >= 4 is 29.9 Å². The summed E-state index contributed by atoms with van der Waals surface area (Å²) in [5.74, 6) is -0.411. The van der Waals surface area contributed by atoms with Gasteiger partial charge in [0.25, 0.3) is 0 Å². The smallest absolute Gasteiger partial charge is 0.338 e. The van der Waals surface area contributed by atoms with Crippen LogP contribution in [0.5, 0.6) is 0 Å². The summed E-state index contributed by atoms with van der Waals surface area (Å²) in [7, 11) is 0. The van der Waals surface area contributed by atoms with E-state index >= 15 is 0 Å². The number of nitrogens with zero attached hydrogens (tertiary/aromatic N) is 1. The van der Waals surface area contributed by atoms with Gasteiger partial charge in [0, 0.05) is 10.5 Å². The Labute approximate surface area is 177 Å². The Kier molecular flexibility index (Phi) is 7.40. The van der Waals surface area contributed by atoms with Crippen molar-refractivity contribution in [3.05, 3.63) is 86.9 Å². The summed E-state index contributed by atoms with van der Waals surface area (Å²) in [5, 5.41) is 0.714. The molecule has 29 heavy (non-hydrogen) atoms. The van der Waals surface area contributed by atoms with Crippen LogP contribution in [0.2, 0.25) is 0 Å². The van der Waals surface area contributed by atoms with E-state index in [4.69, 9.17) is 21.7 Å². The van der Waals surface area contributed by atoms with Crippen molar-refractivity contribution in [1.29, 1.82) is 0 Å². The van der Waals surface area contributed by atoms with E-state index in [-0.39, 0.29) is 25.6 Å². The number of benzene rings is 2. The number of hydrogen-bond donors (Lipinski definition) is 1. The minimum Gasteiger partial charge on any atom is -0.460 e. The molecule has 0 unspecified atom stereocenters. The van der Waals surface area contributed by atoms with Crippen molar-refractivity contribution in [2.75, 3.05) is 13.2 Å². The normalized spacial score (nSPS) is 10.7. The van der Waals surface area contributed by atoms with Crippen LogP contribution in [0.15, 0.2) is 75.4 Å². The van der Waals surface area contributed by atoms with E-state index in [9.17, 15) is 9.59 Å². The Morgan fingerprint density at radius 1 is 1.07 bits per heavy atom. The lowest BCUT2D eigenvalue weighted by Crippen LogP contribution is -2.27. The van der Waals surface area contributed by atoms with Gasteiger partial charge in [0.05, 0.1) is 17.2 Å². The van der Waals surface area contributed by atoms with Crippen LogP contribution in [-0.4, -0.2) is 28.7 Å². The number of nitrogens with one attached hydrogen (secondary N) is 1. The monoisotopic (exact) mass is 428 g/mol. The molecular formula is C21H20N2O4S2. The zero-order chi connectivity index (χ0) is 20.6. The van der Waals surface area contributed by atoms with E-state index in [2.05, 4.69) is 4.98 Å². The number of ether oxygens (including phenoxy) is 2. The Morgan fingerprint density at radius 3 is 2.41 bits per heavy atom. The van der Waals surface area contributed by atoms with Crippen molar-refractivity contribution in [2.24, 2.45) is 0 Å². The van der Waals surface area contributed by atoms with E-state index in [0.717, 1.165) is 10.5 Å². The third kappa shape index (κ3) is 5.66. The van der Waals surface area contributed by atoms with Crippen LogP contribution in [0.25, 0.3) is 0 Å². The van der Waals surface area contributed by atoms with Gasteiger partial charge in [-0.2, -0.15) is 0 Å². The highest BCUT2D eigenvalue weighted by Crippen LogP contribution is 2.29. The van der Waals surface area contributed by atoms with Crippen LogP contribution >= 0.6 is 24.0 Å². The van der Waals surface area contributed by atoms with E-state index < -0.39 is 5.97 Å². The van der Waals surface area contributed by atoms with Crippen LogP contribution in [0, 0.1) is 11.6 Å². The zero-order valence-electron chi connectivity index (χ0n) is 15.8. The second-order valence-electron chi connectivity index (χ2n) is 6.07. The third-order valence-corrected chi connectivity index (χ3v) is 5.66. The minimum absolute atomic E-state index is 0.0177. The average molecular weight is 429 g/mol. The molecule has 6 nitrogen and oxygen atoms in total. The average Bonchev–Trinajstić information content (AvgIpc) is 2.74. The van der Waals surface area contributed by atoms with Crippen LogP contribution in [0.4, 0.5) is 0 Å². The van der Waals surface area contributed by atoms with Crippen molar-refractivity contribution in [3.8, 4) is 0 Å². The van der Waals surface area contributed by atoms with Gasteiger partial charge in [-0.1, -0.05) is 60.4 Å². The fourth-order valence-electron chi connectivity index (χ4n) is 2.51. The molecule has 3 rings (SSSR count). The van der Waals surface area contributed by atoms with Gasteiger partial charge in [-0.15, -0.1) is 0 Å². The fourth-order valence-corrected chi connectivity index (χ4v) is 3.77. The summed E-state index contributed by atoms with van der Waals surface area (Å²) in [5.41, 5.74) is 0.935. The molecule has 0 saturated carbocycles. The van der Waals surface area contributed by atoms with Gasteiger partial charge < -0.3 is 9.47 Å². The highest BCUT2D eigenvalue weighted by Gasteiger charge is 2.12. The molecule has 1 heterocycles. The highest BCUT2D eigenvalue weighted by molar-refractivity contribution is 7.99. The highest BCUT2D eigenvalue weighted by atomic mass is 32.2. The van der Waals surface area contributed by atoms with Gasteiger partial charge in [-0.3, -0.25) is 9.55 Å². The molecule has 0 atom stereocenters. The molecule has 1 N–H and O–H groups in total. The molecule has 8 heteroatoms. The molecule has 0 bridgehead atoms. The number of aromatic amines is 1. The van der Waals surface area contributed by atoms with E-state index in [0.29, 0.717) is 15.2 Å². The molecule has 0 aliphatic carbocycles. The number of esters is 1. The third-order valence-electron chi connectivity index (χ3n) is 4.02. The Hall–Kier alpha value is -2.68. The molecule has 0 saturated heterocycles. The summed E-state index contributed by atoms with van der Waals surface area (Å²) >= 11 is 6.70. The number of H-pyrrole nitrogens is 1. The largest absolute Gasteiger partial charge is 0.460 e. The SMILES string of the molecule is Cc1c(Sc2ccccc2)n(COCCOC(=O)c2ccccc2)c(=O)[nH]c1=S. The van der Waals surface area contributed by atoms with Gasteiger partial charge >= 0.3 is 11.7 Å². The molecule has 0 spiro atoms. The number of carbonyl (C=O) groups is 1. The zero-order valence-corrected chi connectivity index (χ0v) is 17.4. The van der Waals surface area contributed by atoms with Crippen LogP contribution in [0.1, 0.15) is 15.9 Å². The lowest BCUT2D eigenvalue weighted by molar-refractivity contribution is 0.0142. The van der Waals surface area contributed by atoms with Crippen LogP contribution < -0.4 is 5.69 Å². The van der Waals surface area contributed by atoms with Gasteiger partial charge in [0.2, 0.25) is 0 Å². The van der Waals surface area contributed by atoms with Crippen LogP contribution in [-0.2, 0) is 16.2 Å².